The van der Waals surface area contributed by atoms with Crippen molar-refractivity contribution in [3.63, 3.8) is 0 Å². The molecule has 0 aliphatic heterocycles. The van der Waals surface area contributed by atoms with Gasteiger partial charge in [0.05, 0.1) is 24.0 Å². The second-order valence-electron chi connectivity index (χ2n) is 10.1. The van der Waals surface area contributed by atoms with Gasteiger partial charge in [0.1, 0.15) is 23.1 Å². The second kappa shape index (κ2) is 13.0. The topological polar surface area (TPSA) is 162 Å². The molecule has 0 aliphatic rings. The lowest BCUT2D eigenvalue weighted by molar-refractivity contribution is -0.123. The Hall–Kier alpha value is -4.55. The normalized spacial score (nSPS) is 12.2. The molecule has 4 N–H and O–H groups in total. The molecule has 3 aromatic heterocycles. The van der Waals surface area contributed by atoms with Crippen LogP contribution in [-0.4, -0.2) is 67.6 Å². The molecule has 214 valence electrons. The molecular weight excluding hydrogens is 521 g/mol. The van der Waals surface area contributed by atoms with E-state index in [0.29, 0.717) is 29.0 Å². The minimum absolute atomic E-state index is 0.0277. The van der Waals surface area contributed by atoms with Gasteiger partial charge in [0.25, 0.3) is 5.56 Å². The van der Waals surface area contributed by atoms with Crippen molar-refractivity contribution in [3.05, 3.63) is 63.9 Å². The minimum atomic E-state index is -1.40. The first kappa shape index (κ1) is 30.0. The van der Waals surface area contributed by atoms with Crippen LogP contribution < -0.4 is 16.2 Å². The van der Waals surface area contributed by atoms with Gasteiger partial charge in [-0.3, -0.25) is 19.4 Å². The number of aromatic nitrogens is 4. The number of aromatic amines is 1. The van der Waals surface area contributed by atoms with Crippen LogP contribution >= 0.6 is 0 Å². The first-order chi connectivity index (χ1) is 18.8. The van der Waals surface area contributed by atoms with Crippen molar-refractivity contribution in [1.82, 2.24) is 29.7 Å². The van der Waals surface area contributed by atoms with E-state index < -0.39 is 29.4 Å². The summed E-state index contributed by atoms with van der Waals surface area (Å²) in [6.45, 7) is 5.75. The first-order valence-electron chi connectivity index (χ1n) is 12.8. The molecule has 12 nitrogen and oxygen atoms in total. The molecule has 1 unspecified atom stereocenters. The Balaban J connectivity index is 1.82. The maximum absolute atomic E-state index is 14.4. The average molecular weight is 556 g/mol. The number of carboxylic acid groups (broad SMARTS) is 1. The summed E-state index contributed by atoms with van der Waals surface area (Å²) in [5.74, 6) is -0.922. The molecule has 1 atom stereocenters. The maximum atomic E-state index is 14.4. The van der Waals surface area contributed by atoms with Gasteiger partial charge >= 0.3 is 6.09 Å². The van der Waals surface area contributed by atoms with Gasteiger partial charge in [0, 0.05) is 20.3 Å². The smallest absolute Gasteiger partial charge is 0.405 e. The SMILES string of the molecule is Cc1cc(NC(=O)C(CC/C=C/C(=O)N(C)C)NC(=O)O)c(=O)n(Cc2nc3c(F)cnc(CC(C)C)c3[nH]2)c1. The number of anilines is 1. The predicted molar refractivity (Wildman–Crippen MR) is 148 cm³/mol. The molecule has 0 spiro atoms. The highest BCUT2D eigenvalue weighted by molar-refractivity contribution is 5.96. The third-order valence-corrected chi connectivity index (χ3v) is 5.94. The standard InChI is InChI=1S/C27H34FN7O5/c1-15(2)10-19-24-23(17(28)12-29-19)32-21(33-24)14-35-13-16(3)11-20(26(35)38)30-25(37)18(31-27(39)40)8-6-7-9-22(36)34(4)5/h7,9,11-13,15,18,31H,6,8,10,14H2,1-5H3,(H,30,37)(H,32,33)(H,39,40)/b9-7+. The van der Waals surface area contributed by atoms with Crippen molar-refractivity contribution < 1.29 is 23.9 Å². The summed E-state index contributed by atoms with van der Waals surface area (Å²) in [5, 5.41) is 13.9. The number of pyridine rings is 2. The Morgan fingerprint density at radius 3 is 2.65 bits per heavy atom. The van der Waals surface area contributed by atoms with Crippen LogP contribution in [0.25, 0.3) is 11.0 Å². The molecule has 13 heteroatoms. The van der Waals surface area contributed by atoms with Crippen molar-refractivity contribution in [1.29, 1.82) is 0 Å². The van der Waals surface area contributed by atoms with Gasteiger partial charge in [0.15, 0.2) is 5.82 Å². The lowest BCUT2D eigenvalue weighted by atomic mass is 10.1. The van der Waals surface area contributed by atoms with Crippen LogP contribution in [0.1, 0.15) is 43.8 Å². The summed E-state index contributed by atoms with van der Waals surface area (Å²) < 4.78 is 15.8. The van der Waals surface area contributed by atoms with Gasteiger partial charge in [-0.15, -0.1) is 0 Å². The fourth-order valence-corrected chi connectivity index (χ4v) is 4.07. The third-order valence-electron chi connectivity index (χ3n) is 5.94. The van der Waals surface area contributed by atoms with E-state index in [1.165, 1.54) is 21.6 Å². The van der Waals surface area contributed by atoms with E-state index in [2.05, 4.69) is 25.6 Å². The van der Waals surface area contributed by atoms with E-state index in [1.807, 2.05) is 13.8 Å². The van der Waals surface area contributed by atoms with Gasteiger partial charge < -0.3 is 30.2 Å². The lowest BCUT2D eigenvalue weighted by Crippen LogP contribution is -2.44. The number of carbonyl (C=O) groups is 3. The predicted octanol–water partition coefficient (Wildman–Crippen LogP) is 2.81. The van der Waals surface area contributed by atoms with E-state index >= 15 is 0 Å². The highest BCUT2D eigenvalue weighted by Gasteiger charge is 2.22. The Bertz CT molecular complexity index is 1490. The van der Waals surface area contributed by atoms with E-state index in [9.17, 15) is 28.7 Å². The average Bonchev–Trinajstić information content (AvgIpc) is 3.29. The number of allylic oxidation sites excluding steroid dienone is 1. The molecule has 3 heterocycles. The van der Waals surface area contributed by atoms with Crippen LogP contribution in [-0.2, 0) is 22.6 Å². The number of hydrogen-bond acceptors (Lipinski definition) is 6. The molecule has 0 bridgehead atoms. The number of nitrogens with one attached hydrogen (secondary N) is 3. The van der Waals surface area contributed by atoms with Crippen LogP contribution in [0, 0.1) is 18.7 Å². The molecule has 0 aliphatic carbocycles. The van der Waals surface area contributed by atoms with E-state index in [-0.39, 0.29) is 42.4 Å². The number of likely N-dealkylation sites (N-methyl/N-ethyl adjacent to an activating group) is 1. The number of imidazole rings is 1. The number of H-pyrrole nitrogens is 1. The van der Waals surface area contributed by atoms with Crippen LogP contribution in [0.4, 0.5) is 14.9 Å². The third kappa shape index (κ3) is 7.74. The van der Waals surface area contributed by atoms with Gasteiger partial charge in [-0.2, -0.15) is 0 Å². The summed E-state index contributed by atoms with van der Waals surface area (Å²) in [5.41, 5.74) is 1.33. The summed E-state index contributed by atoms with van der Waals surface area (Å²) >= 11 is 0. The van der Waals surface area contributed by atoms with Crippen LogP contribution in [0.2, 0.25) is 0 Å². The summed E-state index contributed by atoms with van der Waals surface area (Å²) in [6, 6.07) is 0.308. The molecular formula is C27H34FN7O5. The van der Waals surface area contributed by atoms with Crippen molar-refractivity contribution in [2.45, 2.75) is 52.6 Å². The number of aryl methyl sites for hydroxylation is 1. The Kier molecular flexibility index (Phi) is 9.75. The van der Waals surface area contributed by atoms with E-state index in [1.54, 1.807) is 33.3 Å². The van der Waals surface area contributed by atoms with Gasteiger partial charge in [-0.25, -0.2) is 14.2 Å². The van der Waals surface area contributed by atoms with Crippen LogP contribution in [0.3, 0.4) is 0 Å². The number of amides is 3. The zero-order valence-electron chi connectivity index (χ0n) is 23.1. The van der Waals surface area contributed by atoms with Crippen molar-refractivity contribution >= 4 is 34.6 Å². The van der Waals surface area contributed by atoms with Crippen LogP contribution in [0.5, 0.6) is 0 Å². The zero-order valence-corrected chi connectivity index (χ0v) is 23.1. The molecule has 0 saturated heterocycles. The molecule has 0 fully saturated rings. The summed E-state index contributed by atoms with van der Waals surface area (Å²) in [4.78, 5) is 62.1. The van der Waals surface area contributed by atoms with Gasteiger partial charge in [0.2, 0.25) is 11.8 Å². The fraction of sp³-hybridized carbons (Fsp3) is 0.407. The number of halogens is 1. The quantitative estimate of drug-likeness (QED) is 0.264. The fourth-order valence-electron chi connectivity index (χ4n) is 4.07. The van der Waals surface area contributed by atoms with Crippen molar-refractivity contribution in [3.8, 4) is 0 Å². The number of rotatable bonds is 11. The van der Waals surface area contributed by atoms with Crippen molar-refractivity contribution in [2.24, 2.45) is 5.92 Å². The summed E-state index contributed by atoms with van der Waals surface area (Å²) in [7, 11) is 3.19. The molecule has 0 aromatic carbocycles. The number of fused-ring (bicyclic) bond motifs is 1. The largest absolute Gasteiger partial charge is 0.465 e. The molecule has 3 rings (SSSR count). The Labute approximate surface area is 230 Å². The second-order valence-corrected chi connectivity index (χ2v) is 10.1. The summed E-state index contributed by atoms with van der Waals surface area (Å²) in [6.07, 6.45) is 5.11. The monoisotopic (exact) mass is 555 g/mol. The Morgan fingerprint density at radius 1 is 1.27 bits per heavy atom. The van der Waals surface area contributed by atoms with Crippen molar-refractivity contribution in [2.75, 3.05) is 19.4 Å². The molecule has 0 saturated carbocycles. The van der Waals surface area contributed by atoms with Crippen LogP contribution in [0.15, 0.2) is 35.4 Å². The highest BCUT2D eigenvalue weighted by Crippen LogP contribution is 2.21. The highest BCUT2D eigenvalue weighted by atomic mass is 19.1. The number of hydrogen-bond donors (Lipinski definition) is 4. The van der Waals surface area contributed by atoms with Gasteiger partial charge in [-0.05, 0) is 49.8 Å². The molecule has 40 heavy (non-hydrogen) atoms. The minimum Gasteiger partial charge on any atom is -0.465 e. The zero-order chi connectivity index (χ0) is 29.6. The lowest BCUT2D eigenvalue weighted by Gasteiger charge is -2.17. The van der Waals surface area contributed by atoms with E-state index in [0.717, 1.165) is 6.20 Å². The van der Waals surface area contributed by atoms with E-state index in [4.69, 9.17) is 0 Å². The molecule has 0 radical (unpaired) electrons. The number of nitrogens with zero attached hydrogens (tertiary/aromatic N) is 4. The molecule has 3 aromatic rings. The van der Waals surface area contributed by atoms with Gasteiger partial charge in [-0.1, -0.05) is 19.9 Å². The number of carbonyl (C=O) groups excluding carboxylic acids is 2. The Morgan fingerprint density at radius 2 is 2.00 bits per heavy atom. The molecule has 3 amide bonds. The first-order valence-corrected chi connectivity index (χ1v) is 12.8. The maximum Gasteiger partial charge on any atom is 0.405 e.